The summed E-state index contributed by atoms with van der Waals surface area (Å²) in [5.74, 6) is 1.40. The summed E-state index contributed by atoms with van der Waals surface area (Å²) in [6.07, 6.45) is 1.78. The van der Waals surface area contributed by atoms with E-state index in [1.165, 1.54) is 5.56 Å². The summed E-state index contributed by atoms with van der Waals surface area (Å²) < 4.78 is 6.35. The molecule has 1 N–H and O–H groups in total. The van der Waals surface area contributed by atoms with Crippen LogP contribution in [0, 0.1) is 6.92 Å². The van der Waals surface area contributed by atoms with Gasteiger partial charge in [-0.15, -0.1) is 0 Å². The van der Waals surface area contributed by atoms with Gasteiger partial charge in [-0.2, -0.15) is 0 Å². The average molecular weight is 480 g/mol. The van der Waals surface area contributed by atoms with E-state index in [2.05, 4.69) is 46.4 Å². The molecule has 0 aliphatic carbocycles. The first-order valence-corrected chi connectivity index (χ1v) is 11.3. The van der Waals surface area contributed by atoms with Crippen molar-refractivity contribution < 1.29 is 4.42 Å². The third-order valence-corrected chi connectivity index (χ3v) is 6.68. The number of benzene rings is 2. The summed E-state index contributed by atoms with van der Waals surface area (Å²) in [6.45, 7) is 2.06. The van der Waals surface area contributed by atoms with E-state index in [1.54, 1.807) is 12.3 Å². The second-order valence-electron chi connectivity index (χ2n) is 7.64. The van der Waals surface area contributed by atoms with E-state index in [4.69, 9.17) is 39.8 Å². The van der Waals surface area contributed by atoms with E-state index >= 15 is 0 Å². The maximum Gasteiger partial charge on any atom is 0.174 e. The Bertz CT molecular complexity index is 1270. The van der Waals surface area contributed by atoms with Gasteiger partial charge in [-0.25, -0.2) is 0 Å². The highest BCUT2D eigenvalue weighted by molar-refractivity contribution is 7.80. The van der Waals surface area contributed by atoms with Crippen molar-refractivity contribution in [2.45, 2.75) is 19.0 Å². The van der Waals surface area contributed by atoms with E-state index in [-0.39, 0.29) is 12.1 Å². The van der Waals surface area contributed by atoms with E-state index in [1.807, 2.05) is 42.5 Å². The van der Waals surface area contributed by atoms with E-state index in [0.29, 0.717) is 20.9 Å². The second-order valence-corrected chi connectivity index (χ2v) is 8.81. The molecule has 2 aromatic carbocycles. The maximum atomic E-state index is 6.44. The molecule has 0 amide bonds. The minimum atomic E-state index is -0.230. The summed E-state index contributed by atoms with van der Waals surface area (Å²) in [5.41, 5.74) is 3.79. The lowest BCUT2D eigenvalue weighted by Gasteiger charge is -2.26. The van der Waals surface area contributed by atoms with Crippen molar-refractivity contribution in [1.29, 1.82) is 0 Å². The number of nitrogens with one attached hydrogen (secondary N) is 1. The Balaban J connectivity index is 1.61. The van der Waals surface area contributed by atoms with Gasteiger partial charge in [0.25, 0.3) is 0 Å². The zero-order chi connectivity index (χ0) is 22.2. The number of anilines is 1. The van der Waals surface area contributed by atoms with Crippen LogP contribution in [0.15, 0.2) is 83.4 Å². The van der Waals surface area contributed by atoms with Gasteiger partial charge in [-0.3, -0.25) is 4.98 Å². The number of thiocarbonyl (C=S) groups is 1. The second kappa shape index (κ2) is 8.58. The molecular weight excluding hydrogens is 461 g/mol. The highest BCUT2D eigenvalue weighted by Crippen LogP contribution is 2.43. The van der Waals surface area contributed by atoms with Gasteiger partial charge < -0.3 is 14.6 Å². The molecule has 3 heterocycles. The van der Waals surface area contributed by atoms with Gasteiger partial charge in [0.05, 0.1) is 21.8 Å². The van der Waals surface area contributed by atoms with Gasteiger partial charge in [0.1, 0.15) is 17.6 Å². The Hall–Kier alpha value is -2.86. The minimum absolute atomic E-state index is 0.182. The number of nitrogens with zero attached hydrogens (tertiary/aromatic N) is 2. The lowest BCUT2D eigenvalue weighted by atomic mass is 10.0. The summed E-state index contributed by atoms with van der Waals surface area (Å²) in [5, 5.41) is 5.01. The molecule has 1 saturated heterocycles. The molecule has 160 valence electrons. The minimum Gasteiger partial charge on any atom is -0.459 e. The zero-order valence-electron chi connectivity index (χ0n) is 17.1. The van der Waals surface area contributed by atoms with Crippen molar-refractivity contribution >= 4 is 46.2 Å². The lowest BCUT2D eigenvalue weighted by molar-refractivity contribution is 0.439. The molecule has 4 aromatic rings. The van der Waals surface area contributed by atoms with Gasteiger partial charge in [0, 0.05) is 17.4 Å². The van der Waals surface area contributed by atoms with Gasteiger partial charge in [-0.05, 0) is 67.7 Å². The molecule has 5 rings (SSSR count). The summed E-state index contributed by atoms with van der Waals surface area (Å²) in [6, 6.07) is 23.1. The number of halogens is 2. The van der Waals surface area contributed by atoms with Crippen LogP contribution in [0.1, 0.15) is 29.1 Å². The van der Waals surface area contributed by atoms with Crippen LogP contribution in [0.5, 0.6) is 0 Å². The largest absolute Gasteiger partial charge is 0.459 e. The monoisotopic (exact) mass is 479 g/mol. The van der Waals surface area contributed by atoms with Crippen LogP contribution in [0.2, 0.25) is 10.0 Å². The third kappa shape index (κ3) is 3.77. The standard InChI is InChI=1S/C25H19Cl2N3OS/c1-15-8-10-16(11-9-15)30-24(23(29-25(30)32)19-7-2-3-14-28-19)21-13-12-20(31-21)17-5-4-6-18(26)22(17)27/h2-14,23-24H,1H3,(H,29,32)/t23-,24-/m0/s1. The predicted molar refractivity (Wildman–Crippen MR) is 133 cm³/mol. The third-order valence-electron chi connectivity index (χ3n) is 5.55. The molecule has 1 fully saturated rings. The van der Waals surface area contributed by atoms with Crippen molar-refractivity contribution in [3.05, 3.63) is 106 Å². The molecular formula is C25H19Cl2N3OS. The average Bonchev–Trinajstić information content (AvgIpc) is 3.41. The smallest absolute Gasteiger partial charge is 0.174 e. The molecule has 2 atom stereocenters. The number of hydrogen-bond acceptors (Lipinski definition) is 3. The lowest BCUT2D eigenvalue weighted by Crippen LogP contribution is -2.29. The number of rotatable bonds is 4. The molecule has 0 spiro atoms. The Morgan fingerprint density at radius 2 is 1.78 bits per heavy atom. The molecule has 0 unspecified atom stereocenters. The van der Waals surface area contributed by atoms with Crippen LogP contribution >= 0.6 is 35.4 Å². The van der Waals surface area contributed by atoms with Gasteiger partial charge in [0.15, 0.2) is 5.11 Å². The molecule has 0 radical (unpaired) electrons. The Morgan fingerprint density at radius 3 is 2.53 bits per heavy atom. The summed E-state index contributed by atoms with van der Waals surface area (Å²) in [4.78, 5) is 6.65. The van der Waals surface area contributed by atoms with Gasteiger partial charge in [0.2, 0.25) is 0 Å². The fourth-order valence-corrected chi connectivity index (χ4v) is 4.72. The van der Waals surface area contributed by atoms with Crippen molar-refractivity contribution in [2.24, 2.45) is 0 Å². The van der Waals surface area contributed by atoms with E-state index in [9.17, 15) is 0 Å². The van der Waals surface area contributed by atoms with Crippen LogP contribution < -0.4 is 10.2 Å². The first-order valence-electron chi connectivity index (χ1n) is 10.1. The molecule has 7 heteroatoms. The van der Waals surface area contributed by atoms with Crippen LogP contribution in [0.25, 0.3) is 11.3 Å². The number of hydrogen-bond donors (Lipinski definition) is 1. The first-order chi connectivity index (χ1) is 15.5. The van der Waals surface area contributed by atoms with Crippen molar-refractivity contribution in [3.63, 3.8) is 0 Å². The van der Waals surface area contributed by atoms with Crippen LogP contribution in [0.3, 0.4) is 0 Å². The Labute approximate surface area is 201 Å². The fourth-order valence-electron chi connectivity index (χ4n) is 3.98. The normalized spacial score (nSPS) is 18.1. The molecule has 0 saturated carbocycles. The molecule has 1 aliphatic heterocycles. The highest BCUT2D eigenvalue weighted by atomic mass is 35.5. The Kier molecular flexibility index (Phi) is 5.64. The van der Waals surface area contributed by atoms with Gasteiger partial charge >= 0.3 is 0 Å². The maximum absolute atomic E-state index is 6.44. The SMILES string of the molecule is Cc1ccc(N2C(=S)N[C@@H](c3ccccn3)[C@@H]2c2ccc(-c3cccc(Cl)c3Cl)o2)cc1. The molecule has 4 nitrogen and oxygen atoms in total. The highest BCUT2D eigenvalue weighted by Gasteiger charge is 2.42. The molecule has 0 bridgehead atoms. The van der Waals surface area contributed by atoms with Crippen molar-refractivity contribution in [1.82, 2.24) is 10.3 Å². The first kappa shape index (κ1) is 21.0. The number of furan rings is 1. The predicted octanol–water partition coefficient (Wildman–Crippen LogP) is 7.13. The van der Waals surface area contributed by atoms with Gasteiger partial charge in [-0.1, -0.05) is 53.0 Å². The van der Waals surface area contributed by atoms with E-state index in [0.717, 1.165) is 22.7 Å². The quantitative estimate of drug-likeness (QED) is 0.315. The fraction of sp³-hybridized carbons (Fsp3) is 0.120. The number of pyridine rings is 1. The topological polar surface area (TPSA) is 41.3 Å². The number of aromatic nitrogens is 1. The van der Waals surface area contributed by atoms with Crippen molar-refractivity contribution in [3.8, 4) is 11.3 Å². The van der Waals surface area contributed by atoms with Crippen LogP contribution in [0.4, 0.5) is 5.69 Å². The summed E-state index contributed by atoms with van der Waals surface area (Å²) in [7, 11) is 0. The Morgan fingerprint density at radius 1 is 0.969 bits per heavy atom. The van der Waals surface area contributed by atoms with Crippen LogP contribution in [-0.2, 0) is 0 Å². The molecule has 2 aromatic heterocycles. The van der Waals surface area contributed by atoms with Crippen molar-refractivity contribution in [2.75, 3.05) is 4.90 Å². The van der Waals surface area contributed by atoms with E-state index < -0.39 is 0 Å². The summed E-state index contributed by atoms with van der Waals surface area (Å²) >= 11 is 18.4. The molecule has 1 aliphatic rings. The zero-order valence-corrected chi connectivity index (χ0v) is 19.5. The number of aryl methyl sites for hydroxylation is 1. The van der Waals surface area contributed by atoms with Crippen LogP contribution in [-0.4, -0.2) is 10.1 Å². The molecule has 32 heavy (non-hydrogen) atoms.